The standard InChI is InChI=1S/C22H33N5O5S/c1-15-13-16-14-23-21(24-17-6-9-26(10-7-17)33(30,31)12-11-32-3)25-19(16)27(20(15)28)18-5-4-8-22(18,2)29/h13-14,17-18,29H,4-12H2,1-3H3,(H,23,24,25). The summed E-state index contributed by atoms with van der Waals surface area (Å²) >= 11 is 0. The van der Waals surface area contributed by atoms with Crippen molar-refractivity contribution in [1.82, 2.24) is 18.8 Å². The molecule has 2 unspecified atom stereocenters. The van der Waals surface area contributed by atoms with Gasteiger partial charge in [0.05, 0.1) is 24.0 Å². The van der Waals surface area contributed by atoms with Gasteiger partial charge in [-0.05, 0) is 52.0 Å². The number of aryl methyl sites for hydroxylation is 1. The van der Waals surface area contributed by atoms with E-state index in [9.17, 15) is 18.3 Å². The minimum Gasteiger partial charge on any atom is -0.388 e. The second-order valence-corrected chi connectivity index (χ2v) is 11.5. The number of aliphatic hydroxyl groups is 1. The summed E-state index contributed by atoms with van der Waals surface area (Å²) in [5.41, 5.74) is -0.00940. The van der Waals surface area contributed by atoms with Gasteiger partial charge >= 0.3 is 0 Å². The number of hydrogen-bond acceptors (Lipinski definition) is 8. The third-order valence-electron chi connectivity index (χ3n) is 6.87. The fraction of sp³-hybridized carbons (Fsp3) is 0.682. The number of piperidine rings is 1. The molecule has 2 N–H and O–H groups in total. The predicted octanol–water partition coefficient (Wildman–Crippen LogP) is 1.43. The molecule has 10 nitrogen and oxygen atoms in total. The molecule has 3 heterocycles. The van der Waals surface area contributed by atoms with Gasteiger partial charge in [0, 0.05) is 43.4 Å². The first-order valence-electron chi connectivity index (χ1n) is 11.5. The monoisotopic (exact) mass is 479 g/mol. The van der Waals surface area contributed by atoms with E-state index in [4.69, 9.17) is 4.74 Å². The first kappa shape index (κ1) is 24.1. The molecule has 2 aromatic rings. The van der Waals surface area contributed by atoms with Crippen molar-refractivity contribution >= 4 is 27.0 Å². The zero-order valence-corrected chi connectivity index (χ0v) is 20.3. The molecule has 11 heteroatoms. The molecule has 182 valence electrons. The molecule has 1 saturated carbocycles. The van der Waals surface area contributed by atoms with E-state index in [1.54, 1.807) is 30.7 Å². The third-order valence-corrected chi connectivity index (χ3v) is 8.70. The molecule has 0 aromatic carbocycles. The highest BCUT2D eigenvalue weighted by molar-refractivity contribution is 7.89. The molecule has 2 atom stereocenters. The molecule has 33 heavy (non-hydrogen) atoms. The van der Waals surface area contributed by atoms with Crippen LogP contribution in [0.25, 0.3) is 11.0 Å². The van der Waals surface area contributed by atoms with Crippen molar-refractivity contribution in [3.8, 4) is 0 Å². The van der Waals surface area contributed by atoms with Gasteiger partial charge < -0.3 is 15.2 Å². The van der Waals surface area contributed by atoms with Gasteiger partial charge in [-0.2, -0.15) is 4.98 Å². The Labute approximate surface area is 194 Å². The first-order valence-corrected chi connectivity index (χ1v) is 13.1. The zero-order valence-electron chi connectivity index (χ0n) is 19.5. The highest BCUT2D eigenvalue weighted by atomic mass is 32.2. The molecule has 0 spiro atoms. The van der Waals surface area contributed by atoms with Crippen molar-refractivity contribution in [3.63, 3.8) is 0 Å². The summed E-state index contributed by atoms with van der Waals surface area (Å²) in [6.07, 6.45) is 5.16. The van der Waals surface area contributed by atoms with Crippen LogP contribution in [-0.2, 0) is 14.8 Å². The van der Waals surface area contributed by atoms with Crippen LogP contribution in [0, 0.1) is 6.92 Å². The molecular formula is C22H33N5O5S. The highest BCUT2D eigenvalue weighted by Gasteiger charge is 2.39. The molecule has 1 saturated heterocycles. The van der Waals surface area contributed by atoms with Crippen LogP contribution < -0.4 is 10.9 Å². The number of rotatable bonds is 7. The summed E-state index contributed by atoms with van der Waals surface area (Å²) in [4.78, 5) is 22.2. The topological polar surface area (TPSA) is 127 Å². The third kappa shape index (κ3) is 4.91. The van der Waals surface area contributed by atoms with Crippen LogP contribution in [0.1, 0.15) is 50.6 Å². The van der Waals surface area contributed by atoms with Gasteiger partial charge in [-0.3, -0.25) is 9.36 Å². The molecule has 0 radical (unpaired) electrons. The zero-order chi connectivity index (χ0) is 23.8. The van der Waals surface area contributed by atoms with Crippen molar-refractivity contribution in [2.24, 2.45) is 0 Å². The molecular weight excluding hydrogens is 446 g/mol. The Morgan fingerprint density at radius 1 is 1.30 bits per heavy atom. The van der Waals surface area contributed by atoms with Crippen molar-refractivity contribution in [3.05, 3.63) is 28.2 Å². The number of nitrogens with zero attached hydrogens (tertiary/aromatic N) is 4. The van der Waals surface area contributed by atoms with Gasteiger partial charge in [0.2, 0.25) is 16.0 Å². The molecule has 2 fully saturated rings. The van der Waals surface area contributed by atoms with Crippen LogP contribution in [0.3, 0.4) is 0 Å². The summed E-state index contributed by atoms with van der Waals surface area (Å²) in [5.74, 6) is 0.384. The quantitative estimate of drug-likeness (QED) is 0.611. The Bertz CT molecular complexity index is 1170. The SMILES string of the molecule is COCCS(=O)(=O)N1CCC(Nc2ncc3cc(C)c(=O)n(C4CCCC4(C)O)c3n2)CC1. The Morgan fingerprint density at radius 2 is 2.03 bits per heavy atom. The largest absolute Gasteiger partial charge is 0.388 e. The van der Waals surface area contributed by atoms with Gasteiger partial charge in [0.15, 0.2) is 0 Å². The number of aromatic nitrogens is 3. The van der Waals surface area contributed by atoms with Crippen molar-refractivity contribution in [1.29, 1.82) is 0 Å². The van der Waals surface area contributed by atoms with Gasteiger partial charge in [-0.15, -0.1) is 0 Å². The lowest BCUT2D eigenvalue weighted by atomic mass is 9.99. The van der Waals surface area contributed by atoms with E-state index < -0.39 is 15.6 Å². The summed E-state index contributed by atoms with van der Waals surface area (Å²) in [6.45, 7) is 4.57. The Hall–Kier alpha value is -2.08. The van der Waals surface area contributed by atoms with E-state index in [0.29, 0.717) is 55.9 Å². The average Bonchev–Trinajstić information content (AvgIpc) is 3.12. The van der Waals surface area contributed by atoms with Crippen LogP contribution in [0.4, 0.5) is 5.95 Å². The molecule has 0 bridgehead atoms. The van der Waals surface area contributed by atoms with E-state index in [-0.39, 0.29) is 30.0 Å². The van der Waals surface area contributed by atoms with Gasteiger partial charge in [-0.25, -0.2) is 17.7 Å². The lowest BCUT2D eigenvalue weighted by molar-refractivity contribution is 0.0266. The summed E-state index contributed by atoms with van der Waals surface area (Å²) < 4.78 is 32.8. The van der Waals surface area contributed by atoms with E-state index in [2.05, 4.69) is 15.3 Å². The maximum atomic E-state index is 13.1. The second kappa shape index (κ2) is 9.28. The fourth-order valence-electron chi connectivity index (χ4n) is 4.93. The van der Waals surface area contributed by atoms with Gasteiger partial charge in [0.25, 0.3) is 5.56 Å². The minimum atomic E-state index is -3.32. The smallest absolute Gasteiger partial charge is 0.255 e. The number of hydrogen-bond donors (Lipinski definition) is 2. The predicted molar refractivity (Wildman–Crippen MR) is 126 cm³/mol. The van der Waals surface area contributed by atoms with E-state index in [0.717, 1.165) is 11.8 Å². The first-order chi connectivity index (χ1) is 15.6. The Morgan fingerprint density at radius 3 is 2.67 bits per heavy atom. The van der Waals surface area contributed by atoms with Crippen molar-refractivity contribution in [2.45, 2.75) is 63.6 Å². The number of methoxy groups -OCH3 is 1. The lowest BCUT2D eigenvalue weighted by Crippen LogP contribution is -2.44. The maximum absolute atomic E-state index is 13.1. The minimum absolute atomic E-state index is 0.0166. The summed E-state index contributed by atoms with van der Waals surface area (Å²) in [5, 5.41) is 14.9. The number of nitrogens with one attached hydrogen (secondary N) is 1. The number of ether oxygens (including phenoxy) is 1. The fourth-order valence-corrected chi connectivity index (χ4v) is 6.34. The van der Waals surface area contributed by atoms with Crippen molar-refractivity contribution < 1.29 is 18.3 Å². The van der Waals surface area contributed by atoms with E-state index >= 15 is 0 Å². The van der Waals surface area contributed by atoms with Crippen LogP contribution in [0.5, 0.6) is 0 Å². The van der Waals surface area contributed by atoms with E-state index in [1.165, 1.54) is 11.4 Å². The number of fused-ring (bicyclic) bond motifs is 1. The molecule has 2 aliphatic rings. The van der Waals surface area contributed by atoms with E-state index in [1.807, 2.05) is 0 Å². The Kier molecular flexibility index (Phi) is 6.77. The maximum Gasteiger partial charge on any atom is 0.255 e. The van der Waals surface area contributed by atoms with Crippen LogP contribution in [0.2, 0.25) is 0 Å². The molecule has 1 aliphatic carbocycles. The summed E-state index contributed by atoms with van der Waals surface area (Å²) in [6, 6.07) is 1.47. The number of pyridine rings is 1. The van der Waals surface area contributed by atoms with Crippen molar-refractivity contribution in [2.75, 3.05) is 37.9 Å². The van der Waals surface area contributed by atoms with Gasteiger partial charge in [-0.1, -0.05) is 0 Å². The normalized spacial score (nSPS) is 25.0. The average molecular weight is 480 g/mol. The molecule has 1 aliphatic heterocycles. The Balaban J connectivity index is 1.55. The number of anilines is 1. The second-order valence-electron chi connectivity index (χ2n) is 9.37. The highest BCUT2D eigenvalue weighted by Crippen LogP contribution is 2.39. The number of sulfonamides is 1. The molecule has 4 rings (SSSR count). The molecule has 0 amide bonds. The van der Waals surface area contributed by atoms with Crippen LogP contribution >= 0.6 is 0 Å². The lowest BCUT2D eigenvalue weighted by Gasteiger charge is -2.31. The summed E-state index contributed by atoms with van der Waals surface area (Å²) in [7, 11) is -1.83. The molecule has 2 aromatic heterocycles. The van der Waals surface area contributed by atoms with Gasteiger partial charge in [0.1, 0.15) is 5.65 Å². The van der Waals surface area contributed by atoms with Crippen LogP contribution in [0.15, 0.2) is 17.1 Å². The van der Waals surface area contributed by atoms with Crippen LogP contribution in [-0.4, -0.2) is 76.6 Å².